The number of carbonyl (C=O) groups is 2. The standard InChI is InChI=1S/C25H18FN5O2S/c1-14(32)28-25-27-13-22(34-25)24(33)29-19-4-2-3-17(11-19)15-5-7-16(8-6-15)23-30-20-10-9-18(26)12-21(20)31-23/h2-13H,1H3,(H,29,33)(H,30,31)(H,27,28,32). The number of nitrogens with one attached hydrogen (secondary N) is 3. The van der Waals surface area contributed by atoms with Gasteiger partial charge in [-0.3, -0.25) is 9.59 Å². The zero-order chi connectivity index (χ0) is 23.7. The topological polar surface area (TPSA) is 99.8 Å². The fraction of sp³-hybridized carbons (Fsp3) is 0.0400. The Morgan fingerprint density at radius 3 is 2.53 bits per heavy atom. The monoisotopic (exact) mass is 471 g/mol. The Hall–Kier alpha value is -4.37. The molecule has 5 rings (SSSR count). The van der Waals surface area contributed by atoms with Gasteiger partial charge < -0.3 is 15.6 Å². The number of aromatic nitrogens is 3. The minimum atomic E-state index is -0.312. The number of anilines is 2. The first-order valence-electron chi connectivity index (χ1n) is 10.4. The lowest BCUT2D eigenvalue weighted by Crippen LogP contribution is -2.10. The molecule has 0 bridgehead atoms. The number of benzene rings is 3. The van der Waals surface area contributed by atoms with Gasteiger partial charge in [-0.15, -0.1) is 0 Å². The third-order valence-electron chi connectivity index (χ3n) is 5.07. The van der Waals surface area contributed by atoms with Gasteiger partial charge in [-0.25, -0.2) is 14.4 Å². The van der Waals surface area contributed by atoms with Crippen LogP contribution in [0.15, 0.2) is 72.9 Å². The Balaban J connectivity index is 1.33. The van der Waals surface area contributed by atoms with Crippen LogP contribution in [0.4, 0.5) is 15.2 Å². The fourth-order valence-corrected chi connectivity index (χ4v) is 4.25. The maximum atomic E-state index is 13.5. The number of thiazole rings is 1. The van der Waals surface area contributed by atoms with Crippen molar-refractivity contribution in [1.82, 2.24) is 15.0 Å². The highest BCUT2D eigenvalue weighted by Crippen LogP contribution is 2.27. The summed E-state index contributed by atoms with van der Waals surface area (Å²) in [4.78, 5) is 35.8. The number of H-pyrrole nitrogens is 1. The van der Waals surface area contributed by atoms with Crippen molar-refractivity contribution in [1.29, 1.82) is 0 Å². The summed E-state index contributed by atoms with van der Waals surface area (Å²) >= 11 is 1.11. The number of amides is 2. The van der Waals surface area contributed by atoms with Gasteiger partial charge in [0.25, 0.3) is 5.91 Å². The highest BCUT2D eigenvalue weighted by atomic mass is 32.1. The Bertz CT molecular complexity index is 1520. The molecule has 0 aliphatic carbocycles. The SMILES string of the molecule is CC(=O)Nc1ncc(C(=O)Nc2cccc(-c3ccc(-c4nc5ccc(F)cc5[nH]4)cc3)c2)s1. The highest BCUT2D eigenvalue weighted by molar-refractivity contribution is 7.17. The molecule has 0 radical (unpaired) electrons. The van der Waals surface area contributed by atoms with E-state index in [-0.39, 0.29) is 17.6 Å². The molecule has 0 aliphatic rings. The van der Waals surface area contributed by atoms with E-state index in [1.54, 1.807) is 12.1 Å². The molecule has 0 atom stereocenters. The van der Waals surface area contributed by atoms with E-state index >= 15 is 0 Å². The molecule has 2 heterocycles. The van der Waals surface area contributed by atoms with E-state index in [0.717, 1.165) is 28.0 Å². The van der Waals surface area contributed by atoms with Crippen LogP contribution in [0.5, 0.6) is 0 Å². The second-order valence-electron chi connectivity index (χ2n) is 7.57. The zero-order valence-electron chi connectivity index (χ0n) is 17.9. The maximum absolute atomic E-state index is 13.5. The number of aromatic amines is 1. The Morgan fingerprint density at radius 2 is 1.74 bits per heavy atom. The predicted molar refractivity (Wildman–Crippen MR) is 131 cm³/mol. The van der Waals surface area contributed by atoms with Crippen molar-refractivity contribution in [2.75, 3.05) is 10.6 Å². The molecule has 0 fully saturated rings. The van der Waals surface area contributed by atoms with Gasteiger partial charge in [-0.2, -0.15) is 0 Å². The molecule has 3 aromatic carbocycles. The van der Waals surface area contributed by atoms with Crippen molar-refractivity contribution in [3.63, 3.8) is 0 Å². The van der Waals surface area contributed by atoms with Gasteiger partial charge in [0.15, 0.2) is 5.13 Å². The second-order valence-corrected chi connectivity index (χ2v) is 8.60. The molecule has 7 nitrogen and oxygen atoms in total. The first-order valence-corrected chi connectivity index (χ1v) is 11.2. The van der Waals surface area contributed by atoms with Gasteiger partial charge in [-0.05, 0) is 41.5 Å². The summed E-state index contributed by atoms with van der Waals surface area (Å²) in [5, 5.41) is 5.81. The van der Waals surface area contributed by atoms with Crippen LogP contribution in [0.3, 0.4) is 0 Å². The van der Waals surface area contributed by atoms with E-state index in [4.69, 9.17) is 0 Å². The van der Waals surface area contributed by atoms with E-state index in [0.29, 0.717) is 32.6 Å². The summed E-state index contributed by atoms with van der Waals surface area (Å²) in [6, 6.07) is 19.8. The third kappa shape index (κ3) is 4.55. The summed E-state index contributed by atoms with van der Waals surface area (Å²) in [6.45, 7) is 1.39. The van der Waals surface area contributed by atoms with Crippen LogP contribution in [-0.2, 0) is 4.79 Å². The second kappa shape index (κ2) is 8.87. The fourth-order valence-electron chi connectivity index (χ4n) is 3.50. The van der Waals surface area contributed by atoms with Crippen molar-refractivity contribution >= 4 is 45.0 Å². The van der Waals surface area contributed by atoms with Crippen LogP contribution in [0.25, 0.3) is 33.5 Å². The molecule has 2 aromatic heterocycles. The first kappa shape index (κ1) is 21.5. The lowest BCUT2D eigenvalue weighted by Gasteiger charge is -2.07. The Morgan fingerprint density at radius 1 is 0.941 bits per heavy atom. The summed E-state index contributed by atoms with van der Waals surface area (Å²) in [6.07, 6.45) is 1.43. The van der Waals surface area contributed by atoms with E-state index in [9.17, 15) is 14.0 Å². The molecular weight excluding hydrogens is 453 g/mol. The summed E-state index contributed by atoms with van der Waals surface area (Å²) in [5.41, 5.74) is 4.76. The smallest absolute Gasteiger partial charge is 0.267 e. The number of hydrogen-bond acceptors (Lipinski definition) is 5. The number of halogens is 1. The van der Waals surface area contributed by atoms with E-state index in [1.165, 1.54) is 25.3 Å². The predicted octanol–water partition coefficient (Wildman–Crippen LogP) is 5.70. The van der Waals surface area contributed by atoms with Gasteiger partial charge in [0.05, 0.1) is 17.2 Å². The minimum Gasteiger partial charge on any atom is -0.338 e. The molecule has 34 heavy (non-hydrogen) atoms. The number of hydrogen-bond donors (Lipinski definition) is 3. The first-order chi connectivity index (χ1) is 16.4. The normalized spacial score (nSPS) is 10.9. The van der Waals surface area contributed by atoms with Crippen molar-refractivity contribution in [3.05, 3.63) is 83.6 Å². The minimum absolute atomic E-state index is 0.241. The third-order valence-corrected chi connectivity index (χ3v) is 5.98. The molecule has 0 saturated carbocycles. The van der Waals surface area contributed by atoms with Crippen molar-refractivity contribution < 1.29 is 14.0 Å². The van der Waals surface area contributed by atoms with Crippen LogP contribution in [0, 0.1) is 5.82 Å². The molecule has 3 N–H and O–H groups in total. The molecule has 0 spiro atoms. The van der Waals surface area contributed by atoms with Crippen LogP contribution >= 0.6 is 11.3 Å². The van der Waals surface area contributed by atoms with E-state index in [2.05, 4.69) is 25.6 Å². The van der Waals surface area contributed by atoms with Gasteiger partial charge >= 0.3 is 0 Å². The van der Waals surface area contributed by atoms with Gasteiger partial charge in [0, 0.05) is 18.2 Å². The number of imidazole rings is 1. The molecule has 2 amide bonds. The van der Waals surface area contributed by atoms with Crippen LogP contribution in [-0.4, -0.2) is 26.8 Å². The average Bonchev–Trinajstić information content (AvgIpc) is 3.46. The Labute approximate surface area is 197 Å². The summed E-state index contributed by atoms with van der Waals surface area (Å²) in [5.74, 6) is -0.193. The van der Waals surface area contributed by atoms with Crippen molar-refractivity contribution in [3.8, 4) is 22.5 Å². The molecular formula is C25H18FN5O2S. The number of rotatable bonds is 5. The van der Waals surface area contributed by atoms with Crippen LogP contribution in [0.2, 0.25) is 0 Å². The number of fused-ring (bicyclic) bond motifs is 1. The zero-order valence-corrected chi connectivity index (χ0v) is 18.7. The quantitative estimate of drug-likeness (QED) is 0.306. The number of nitrogens with zero attached hydrogens (tertiary/aromatic N) is 2. The largest absolute Gasteiger partial charge is 0.338 e. The van der Waals surface area contributed by atoms with E-state index < -0.39 is 0 Å². The lowest BCUT2D eigenvalue weighted by molar-refractivity contribution is -0.114. The van der Waals surface area contributed by atoms with Crippen LogP contribution < -0.4 is 10.6 Å². The average molecular weight is 472 g/mol. The maximum Gasteiger partial charge on any atom is 0.267 e. The van der Waals surface area contributed by atoms with Gasteiger partial charge in [0.1, 0.15) is 16.5 Å². The molecule has 9 heteroatoms. The molecule has 168 valence electrons. The molecule has 0 aliphatic heterocycles. The summed E-state index contributed by atoms with van der Waals surface area (Å²) < 4.78 is 13.5. The van der Waals surface area contributed by atoms with Crippen LogP contribution in [0.1, 0.15) is 16.6 Å². The molecule has 0 saturated heterocycles. The van der Waals surface area contributed by atoms with Gasteiger partial charge in [-0.1, -0.05) is 47.7 Å². The lowest BCUT2D eigenvalue weighted by atomic mass is 10.0. The number of carbonyl (C=O) groups excluding carboxylic acids is 2. The summed E-state index contributed by atoms with van der Waals surface area (Å²) in [7, 11) is 0. The van der Waals surface area contributed by atoms with Crippen molar-refractivity contribution in [2.24, 2.45) is 0 Å². The molecule has 0 unspecified atom stereocenters. The van der Waals surface area contributed by atoms with Crippen molar-refractivity contribution in [2.45, 2.75) is 6.92 Å². The Kier molecular flexibility index (Phi) is 5.60. The van der Waals surface area contributed by atoms with Gasteiger partial charge in [0.2, 0.25) is 5.91 Å². The highest BCUT2D eigenvalue weighted by Gasteiger charge is 2.12. The molecule has 5 aromatic rings. The van der Waals surface area contributed by atoms with E-state index in [1.807, 2.05) is 42.5 Å².